The number of hydrogen-bond acceptors (Lipinski definition) is 5. The van der Waals surface area contributed by atoms with Crippen molar-refractivity contribution < 1.29 is 9.53 Å². The van der Waals surface area contributed by atoms with Gasteiger partial charge in [0.2, 0.25) is 5.91 Å². The number of morpholine rings is 1. The van der Waals surface area contributed by atoms with Gasteiger partial charge in [-0.2, -0.15) is 0 Å². The summed E-state index contributed by atoms with van der Waals surface area (Å²) in [6.07, 6.45) is 5.42. The van der Waals surface area contributed by atoms with Gasteiger partial charge in [0.15, 0.2) is 5.96 Å². The Balaban J connectivity index is 1.60. The number of anilines is 1. The maximum absolute atomic E-state index is 12.3. The van der Waals surface area contributed by atoms with E-state index in [2.05, 4.69) is 49.3 Å². The fourth-order valence-corrected chi connectivity index (χ4v) is 4.21. The molecule has 1 amide bonds. The summed E-state index contributed by atoms with van der Waals surface area (Å²) in [5.74, 6) is 2.98. The Hall–Kier alpha value is -2.86. The second kappa shape index (κ2) is 12.1. The third-order valence-corrected chi connectivity index (χ3v) is 5.83. The molecule has 8 heteroatoms. The van der Waals surface area contributed by atoms with Crippen LogP contribution in [0.15, 0.2) is 46.8 Å². The minimum absolute atomic E-state index is 0.0108. The Bertz CT molecular complexity index is 901. The molecule has 1 saturated heterocycles. The summed E-state index contributed by atoms with van der Waals surface area (Å²) in [4.78, 5) is 20.5. The van der Waals surface area contributed by atoms with Crippen LogP contribution < -0.4 is 16.0 Å². The van der Waals surface area contributed by atoms with Crippen LogP contribution in [0.5, 0.6) is 0 Å². The van der Waals surface area contributed by atoms with Crippen molar-refractivity contribution in [2.45, 2.75) is 13.0 Å². The summed E-state index contributed by atoms with van der Waals surface area (Å²) in [5.41, 5.74) is 1.39. The Morgan fingerprint density at radius 1 is 1.29 bits per heavy atom. The van der Waals surface area contributed by atoms with Crippen molar-refractivity contribution in [1.29, 1.82) is 0 Å². The van der Waals surface area contributed by atoms with Gasteiger partial charge in [0.05, 0.1) is 19.3 Å². The van der Waals surface area contributed by atoms with Crippen LogP contribution in [0, 0.1) is 12.3 Å². The number of carbonyl (C=O) groups is 1. The second-order valence-corrected chi connectivity index (χ2v) is 8.01. The van der Waals surface area contributed by atoms with Gasteiger partial charge in [-0.3, -0.25) is 9.69 Å². The molecule has 1 atom stereocenters. The topological polar surface area (TPSA) is 78.0 Å². The van der Waals surface area contributed by atoms with E-state index in [0.717, 1.165) is 31.9 Å². The van der Waals surface area contributed by atoms with Crippen molar-refractivity contribution in [3.63, 3.8) is 0 Å². The van der Waals surface area contributed by atoms with Gasteiger partial charge in [0.1, 0.15) is 6.54 Å². The molecular weight excluding hydrogens is 410 g/mol. The molecule has 3 N–H and O–H groups in total. The molecular formula is C23H29N5O2S. The highest BCUT2D eigenvalue weighted by Crippen LogP contribution is 2.25. The van der Waals surface area contributed by atoms with Crippen molar-refractivity contribution in [2.24, 2.45) is 4.99 Å². The van der Waals surface area contributed by atoms with Crippen LogP contribution in [0.3, 0.4) is 0 Å². The van der Waals surface area contributed by atoms with Crippen LogP contribution in [0.4, 0.5) is 5.69 Å². The zero-order valence-corrected chi connectivity index (χ0v) is 18.6. The molecule has 7 nitrogen and oxygen atoms in total. The van der Waals surface area contributed by atoms with E-state index in [4.69, 9.17) is 11.2 Å². The molecule has 1 fully saturated rings. The van der Waals surface area contributed by atoms with E-state index in [1.54, 1.807) is 23.5 Å². The van der Waals surface area contributed by atoms with E-state index in [9.17, 15) is 4.79 Å². The molecule has 0 radical (unpaired) electrons. The van der Waals surface area contributed by atoms with E-state index in [1.807, 2.05) is 19.1 Å². The lowest BCUT2D eigenvalue weighted by molar-refractivity contribution is -0.114. The predicted octanol–water partition coefficient (Wildman–Crippen LogP) is 2.30. The number of terminal acetylenes is 1. The number of ether oxygens (including phenoxy) is 1. The van der Waals surface area contributed by atoms with Crippen molar-refractivity contribution in [3.8, 4) is 12.3 Å². The lowest BCUT2D eigenvalue weighted by atomic mass is 10.2. The van der Waals surface area contributed by atoms with E-state index < -0.39 is 0 Å². The molecule has 0 saturated carbocycles. The maximum atomic E-state index is 12.3. The molecule has 1 aliphatic rings. The quantitative estimate of drug-likeness (QED) is 0.334. The molecule has 31 heavy (non-hydrogen) atoms. The van der Waals surface area contributed by atoms with Crippen molar-refractivity contribution in [1.82, 2.24) is 15.5 Å². The second-order valence-electron chi connectivity index (χ2n) is 7.03. The van der Waals surface area contributed by atoms with Crippen molar-refractivity contribution >= 4 is 28.9 Å². The van der Waals surface area contributed by atoms with Crippen LogP contribution in [-0.2, 0) is 9.53 Å². The highest BCUT2D eigenvalue weighted by atomic mass is 32.1. The number of thiophene rings is 1. The minimum atomic E-state index is -0.200. The fourth-order valence-electron chi connectivity index (χ4n) is 3.35. The van der Waals surface area contributed by atoms with Crippen LogP contribution >= 0.6 is 11.3 Å². The number of benzene rings is 1. The van der Waals surface area contributed by atoms with E-state index in [1.165, 1.54) is 4.88 Å². The molecule has 1 unspecified atom stereocenters. The number of amides is 1. The normalized spacial score (nSPS) is 15.7. The first-order chi connectivity index (χ1) is 15.2. The average Bonchev–Trinajstić information content (AvgIpc) is 3.33. The SMILES string of the molecule is C#Cc1cccc(NC(=O)CN=C(NCC)NCC(c2cccs2)N2CCOCC2)c1. The molecule has 1 aromatic carbocycles. The zero-order chi connectivity index (χ0) is 21.9. The molecule has 2 heterocycles. The maximum Gasteiger partial charge on any atom is 0.246 e. The Kier molecular flexibility index (Phi) is 8.91. The van der Waals surface area contributed by atoms with Gasteiger partial charge < -0.3 is 20.7 Å². The first-order valence-corrected chi connectivity index (χ1v) is 11.3. The van der Waals surface area contributed by atoms with Gasteiger partial charge in [0.25, 0.3) is 0 Å². The van der Waals surface area contributed by atoms with E-state index in [-0.39, 0.29) is 18.5 Å². The summed E-state index contributed by atoms with van der Waals surface area (Å²) in [5, 5.41) is 11.6. The third-order valence-electron chi connectivity index (χ3n) is 4.86. The van der Waals surface area contributed by atoms with Gasteiger partial charge in [-0.1, -0.05) is 18.1 Å². The molecule has 0 aliphatic carbocycles. The average molecular weight is 440 g/mol. The van der Waals surface area contributed by atoms with Gasteiger partial charge >= 0.3 is 0 Å². The molecule has 0 spiro atoms. The van der Waals surface area contributed by atoms with Crippen LogP contribution in [-0.4, -0.2) is 62.7 Å². The Morgan fingerprint density at radius 3 is 2.84 bits per heavy atom. The van der Waals surface area contributed by atoms with Crippen molar-refractivity contribution in [3.05, 3.63) is 52.2 Å². The van der Waals surface area contributed by atoms with Crippen LogP contribution in [0.25, 0.3) is 0 Å². The number of hydrogen-bond donors (Lipinski definition) is 3. The molecule has 164 valence electrons. The standard InChI is InChI=1S/C23H29N5O2S/c1-3-18-7-5-8-19(15-18)27-22(29)17-26-23(24-4-2)25-16-20(21-9-6-14-31-21)28-10-12-30-13-11-28/h1,5-9,14-15,20H,4,10-13,16-17H2,2H3,(H,27,29)(H2,24,25,26). The van der Waals surface area contributed by atoms with E-state index >= 15 is 0 Å². The highest BCUT2D eigenvalue weighted by Gasteiger charge is 2.23. The zero-order valence-electron chi connectivity index (χ0n) is 17.8. The first kappa shape index (κ1) is 22.8. The monoisotopic (exact) mass is 439 g/mol. The van der Waals surface area contributed by atoms with Gasteiger partial charge in [-0.25, -0.2) is 4.99 Å². The lowest BCUT2D eigenvalue weighted by Crippen LogP contribution is -2.46. The largest absolute Gasteiger partial charge is 0.379 e. The Labute approximate surface area is 187 Å². The number of guanidine groups is 1. The van der Waals surface area contributed by atoms with Crippen molar-refractivity contribution in [2.75, 3.05) is 51.3 Å². The summed E-state index contributed by atoms with van der Waals surface area (Å²) in [6, 6.07) is 11.7. The molecule has 0 bridgehead atoms. The number of rotatable bonds is 8. The molecule has 1 aliphatic heterocycles. The summed E-state index contributed by atoms with van der Waals surface area (Å²) >= 11 is 1.75. The Morgan fingerprint density at radius 2 is 2.13 bits per heavy atom. The van der Waals surface area contributed by atoms with Gasteiger partial charge in [-0.05, 0) is 36.6 Å². The third kappa shape index (κ3) is 7.10. The van der Waals surface area contributed by atoms with Gasteiger partial charge in [-0.15, -0.1) is 17.8 Å². The molecule has 3 rings (SSSR count). The molecule has 2 aromatic rings. The smallest absolute Gasteiger partial charge is 0.246 e. The number of aliphatic imine (C=N–C) groups is 1. The fraction of sp³-hybridized carbons (Fsp3) is 0.391. The number of nitrogens with zero attached hydrogens (tertiary/aromatic N) is 2. The number of carbonyl (C=O) groups excluding carboxylic acids is 1. The highest BCUT2D eigenvalue weighted by molar-refractivity contribution is 7.10. The summed E-state index contributed by atoms with van der Waals surface area (Å²) in [7, 11) is 0. The lowest BCUT2D eigenvalue weighted by Gasteiger charge is -2.34. The minimum Gasteiger partial charge on any atom is -0.379 e. The van der Waals surface area contributed by atoms with E-state index in [0.29, 0.717) is 24.7 Å². The van der Waals surface area contributed by atoms with Gasteiger partial charge in [0, 0.05) is 42.3 Å². The van der Waals surface area contributed by atoms with Crippen LogP contribution in [0.2, 0.25) is 0 Å². The molecule has 1 aromatic heterocycles. The predicted molar refractivity (Wildman–Crippen MR) is 126 cm³/mol. The summed E-state index contributed by atoms with van der Waals surface area (Å²) in [6.45, 7) is 6.71. The number of nitrogens with one attached hydrogen (secondary N) is 3. The first-order valence-electron chi connectivity index (χ1n) is 10.4. The summed E-state index contributed by atoms with van der Waals surface area (Å²) < 4.78 is 5.51. The van der Waals surface area contributed by atoms with Crippen LogP contribution in [0.1, 0.15) is 23.4 Å².